The molecule has 0 aromatic carbocycles. The summed E-state index contributed by atoms with van der Waals surface area (Å²) in [6.07, 6.45) is 8.06. The van der Waals surface area contributed by atoms with E-state index in [1.54, 1.807) is 7.11 Å². The van der Waals surface area contributed by atoms with Gasteiger partial charge in [0.25, 0.3) is 0 Å². The zero-order chi connectivity index (χ0) is 9.68. The van der Waals surface area contributed by atoms with Gasteiger partial charge in [0.1, 0.15) is 0 Å². The molecule has 0 aromatic heterocycles. The Morgan fingerprint density at radius 2 is 2.08 bits per heavy atom. The van der Waals surface area contributed by atoms with Crippen molar-refractivity contribution >= 4 is 0 Å². The number of nitrogens with two attached hydrogens (primary N) is 1. The van der Waals surface area contributed by atoms with Crippen LogP contribution in [0.25, 0.3) is 0 Å². The standard InChI is InChI=1S/C11H23NO/c1-9(13-2)6-7-11(12)8-10-4-3-5-10/h9-11H,3-8,12H2,1-2H3. The number of methoxy groups -OCH3 is 1. The number of hydrogen-bond acceptors (Lipinski definition) is 2. The molecule has 1 saturated carbocycles. The first-order valence-corrected chi connectivity index (χ1v) is 5.50. The van der Waals surface area contributed by atoms with Gasteiger partial charge in [-0.25, -0.2) is 0 Å². The third kappa shape index (κ3) is 4.10. The van der Waals surface area contributed by atoms with Crippen LogP contribution in [-0.4, -0.2) is 19.3 Å². The normalized spacial score (nSPS) is 22.4. The van der Waals surface area contributed by atoms with E-state index in [9.17, 15) is 0 Å². The molecular weight excluding hydrogens is 162 g/mol. The molecule has 0 aromatic rings. The van der Waals surface area contributed by atoms with Gasteiger partial charge in [-0.05, 0) is 32.1 Å². The highest BCUT2D eigenvalue weighted by molar-refractivity contribution is 4.75. The third-order valence-corrected chi connectivity index (χ3v) is 3.21. The summed E-state index contributed by atoms with van der Waals surface area (Å²) in [5.41, 5.74) is 6.03. The maximum absolute atomic E-state index is 6.03. The van der Waals surface area contributed by atoms with Crippen molar-refractivity contribution in [2.45, 2.75) is 57.6 Å². The van der Waals surface area contributed by atoms with Crippen LogP contribution in [0.1, 0.15) is 45.4 Å². The summed E-state index contributed by atoms with van der Waals surface area (Å²) in [6, 6.07) is 0.405. The highest BCUT2D eigenvalue weighted by Crippen LogP contribution is 2.30. The maximum atomic E-state index is 6.03. The number of hydrogen-bond donors (Lipinski definition) is 1. The molecule has 0 radical (unpaired) electrons. The highest BCUT2D eigenvalue weighted by Gasteiger charge is 2.20. The van der Waals surface area contributed by atoms with Gasteiger partial charge in [-0.3, -0.25) is 0 Å². The zero-order valence-corrected chi connectivity index (χ0v) is 8.96. The van der Waals surface area contributed by atoms with E-state index < -0.39 is 0 Å². The van der Waals surface area contributed by atoms with Crippen LogP contribution >= 0.6 is 0 Å². The van der Waals surface area contributed by atoms with Crippen molar-refractivity contribution < 1.29 is 4.74 Å². The van der Waals surface area contributed by atoms with Crippen molar-refractivity contribution in [3.8, 4) is 0 Å². The SMILES string of the molecule is COC(C)CCC(N)CC1CCC1. The summed E-state index contributed by atoms with van der Waals surface area (Å²) in [6.45, 7) is 2.11. The Labute approximate surface area is 81.8 Å². The molecule has 0 aliphatic heterocycles. The minimum atomic E-state index is 0.368. The quantitative estimate of drug-likeness (QED) is 0.689. The van der Waals surface area contributed by atoms with Gasteiger partial charge in [0.05, 0.1) is 6.10 Å². The van der Waals surface area contributed by atoms with Gasteiger partial charge in [0, 0.05) is 13.2 Å². The van der Waals surface area contributed by atoms with Crippen molar-refractivity contribution in [3.05, 3.63) is 0 Å². The zero-order valence-electron chi connectivity index (χ0n) is 8.96. The highest BCUT2D eigenvalue weighted by atomic mass is 16.5. The van der Waals surface area contributed by atoms with Crippen molar-refractivity contribution in [1.82, 2.24) is 0 Å². The molecule has 1 aliphatic rings. The van der Waals surface area contributed by atoms with Crippen LogP contribution < -0.4 is 5.73 Å². The lowest BCUT2D eigenvalue weighted by Crippen LogP contribution is -2.27. The first-order chi connectivity index (χ1) is 6.22. The maximum Gasteiger partial charge on any atom is 0.0543 e. The molecule has 1 rings (SSSR count). The molecule has 2 heteroatoms. The van der Waals surface area contributed by atoms with Gasteiger partial charge in [0.2, 0.25) is 0 Å². The summed E-state index contributed by atoms with van der Waals surface area (Å²) in [7, 11) is 1.77. The van der Waals surface area contributed by atoms with Gasteiger partial charge in [-0.1, -0.05) is 19.3 Å². The summed E-state index contributed by atoms with van der Waals surface area (Å²) in [4.78, 5) is 0. The van der Waals surface area contributed by atoms with E-state index in [-0.39, 0.29) is 0 Å². The Hall–Kier alpha value is -0.0800. The summed E-state index contributed by atoms with van der Waals surface area (Å²) in [5, 5.41) is 0. The summed E-state index contributed by atoms with van der Waals surface area (Å²) < 4.78 is 5.19. The summed E-state index contributed by atoms with van der Waals surface area (Å²) >= 11 is 0. The molecule has 1 aliphatic carbocycles. The van der Waals surface area contributed by atoms with E-state index in [0.717, 1.165) is 18.8 Å². The molecule has 2 nitrogen and oxygen atoms in total. The molecule has 0 bridgehead atoms. The van der Waals surface area contributed by atoms with E-state index in [1.165, 1.54) is 25.7 Å². The minimum absolute atomic E-state index is 0.368. The molecule has 1 fully saturated rings. The lowest BCUT2D eigenvalue weighted by Gasteiger charge is -2.28. The van der Waals surface area contributed by atoms with Crippen molar-refractivity contribution in [2.75, 3.05) is 7.11 Å². The largest absolute Gasteiger partial charge is 0.382 e. The van der Waals surface area contributed by atoms with Gasteiger partial charge < -0.3 is 10.5 Å². The van der Waals surface area contributed by atoms with Crippen LogP contribution in [0, 0.1) is 5.92 Å². The van der Waals surface area contributed by atoms with Crippen LogP contribution in [0.4, 0.5) is 0 Å². The second-order valence-corrected chi connectivity index (χ2v) is 4.42. The van der Waals surface area contributed by atoms with Crippen molar-refractivity contribution in [2.24, 2.45) is 11.7 Å². The fourth-order valence-corrected chi connectivity index (χ4v) is 1.84. The molecule has 0 amide bonds. The minimum Gasteiger partial charge on any atom is -0.382 e. The molecule has 0 heterocycles. The second kappa shape index (κ2) is 5.61. The van der Waals surface area contributed by atoms with E-state index >= 15 is 0 Å². The molecule has 0 spiro atoms. The Balaban J connectivity index is 1.99. The molecule has 2 atom stereocenters. The Bertz CT molecular complexity index is 134. The first kappa shape index (κ1) is 11.0. The van der Waals surface area contributed by atoms with Crippen LogP contribution in [0.5, 0.6) is 0 Å². The average Bonchev–Trinajstić information content (AvgIpc) is 2.07. The molecular formula is C11H23NO. The fraction of sp³-hybridized carbons (Fsp3) is 1.00. The van der Waals surface area contributed by atoms with Crippen LogP contribution in [0.3, 0.4) is 0 Å². The topological polar surface area (TPSA) is 35.2 Å². The molecule has 2 N–H and O–H groups in total. The van der Waals surface area contributed by atoms with Gasteiger partial charge in [-0.2, -0.15) is 0 Å². The van der Waals surface area contributed by atoms with E-state index in [4.69, 9.17) is 10.5 Å². The van der Waals surface area contributed by atoms with Crippen LogP contribution in [-0.2, 0) is 4.74 Å². The second-order valence-electron chi connectivity index (χ2n) is 4.42. The van der Waals surface area contributed by atoms with Crippen LogP contribution in [0.15, 0.2) is 0 Å². The molecule has 78 valence electrons. The predicted molar refractivity (Wildman–Crippen MR) is 55.6 cm³/mol. The van der Waals surface area contributed by atoms with Gasteiger partial charge >= 0.3 is 0 Å². The van der Waals surface area contributed by atoms with Gasteiger partial charge in [-0.15, -0.1) is 0 Å². The van der Waals surface area contributed by atoms with E-state index in [1.807, 2.05) is 0 Å². The first-order valence-electron chi connectivity index (χ1n) is 5.50. The number of rotatable bonds is 6. The van der Waals surface area contributed by atoms with Gasteiger partial charge in [0.15, 0.2) is 0 Å². The number of ether oxygens (including phenoxy) is 1. The smallest absolute Gasteiger partial charge is 0.0543 e. The monoisotopic (exact) mass is 185 g/mol. The lowest BCUT2D eigenvalue weighted by atomic mass is 9.80. The molecule has 0 saturated heterocycles. The Morgan fingerprint density at radius 1 is 1.38 bits per heavy atom. The third-order valence-electron chi connectivity index (χ3n) is 3.21. The Kier molecular flexibility index (Phi) is 4.74. The van der Waals surface area contributed by atoms with E-state index in [2.05, 4.69) is 6.92 Å². The molecule has 2 unspecified atom stereocenters. The van der Waals surface area contributed by atoms with Crippen LogP contribution in [0.2, 0.25) is 0 Å². The van der Waals surface area contributed by atoms with Crippen molar-refractivity contribution in [3.63, 3.8) is 0 Å². The summed E-state index contributed by atoms with van der Waals surface area (Å²) in [5.74, 6) is 0.938. The average molecular weight is 185 g/mol. The molecule has 13 heavy (non-hydrogen) atoms. The van der Waals surface area contributed by atoms with Crippen molar-refractivity contribution in [1.29, 1.82) is 0 Å². The lowest BCUT2D eigenvalue weighted by molar-refractivity contribution is 0.105. The van der Waals surface area contributed by atoms with E-state index in [0.29, 0.717) is 12.1 Å². The Morgan fingerprint density at radius 3 is 2.54 bits per heavy atom. The fourth-order valence-electron chi connectivity index (χ4n) is 1.84. The predicted octanol–water partition coefficient (Wildman–Crippen LogP) is 2.32.